The van der Waals surface area contributed by atoms with E-state index >= 15 is 0 Å². The van der Waals surface area contributed by atoms with Crippen LogP contribution in [0.25, 0.3) is 11.1 Å². The van der Waals surface area contributed by atoms with Crippen LogP contribution in [-0.4, -0.2) is 13.6 Å². The number of halogens is 1. The predicted octanol–water partition coefficient (Wildman–Crippen LogP) is 4.21. The minimum absolute atomic E-state index is 0.120. The van der Waals surface area contributed by atoms with E-state index in [0.717, 1.165) is 11.6 Å². The van der Waals surface area contributed by atoms with Gasteiger partial charge in [-0.3, -0.25) is 4.72 Å². The van der Waals surface area contributed by atoms with Crippen molar-refractivity contribution in [2.75, 3.05) is 4.72 Å². The van der Waals surface area contributed by atoms with E-state index in [-0.39, 0.29) is 10.6 Å². The first-order valence-electron chi connectivity index (χ1n) is 7.60. The van der Waals surface area contributed by atoms with E-state index in [1.54, 1.807) is 32.9 Å². The summed E-state index contributed by atoms with van der Waals surface area (Å²) in [4.78, 5) is 0.120. The minimum Gasteiger partial charge on any atom is -0.361 e. The number of nitrogens with zero attached hydrogens (tertiary/aromatic N) is 1. The molecule has 130 valence electrons. The number of sulfonamides is 1. The highest BCUT2D eigenvalue weighted by Crippen LogP contribution is 2.30. The highest BCUT2D eigenvalue weighted by atomic mass is 32.2. The van der Waals surface area contributed by atoms with Crippen molar-refractivity contribution in [2.45, 2.75) is 25.7 Å². The molecule has 0 radical (unpaired) electrons. The van der Waals surface area contributed by atoms with Crippen LogP contribution in [0.1, 0.15) is 17.0 Å². The van der Waals surface area contributed by atoms with Gasteiger partial charge in [-0.1, -0.05) is 23.4 Å². The second-order valence-corrected chi connectivity index (χ2v) is 7.45. The molecule has 5 nitrogen and oxygen atoms in total. The lowest BCUT2D eigenvalue weighted by molar-refractivity contribution is 0.393. The average molecular weight is 360 g/mol. The first-order chi connectivity index (χ1) is 11.8. The van der Waals surface area contributed by atoms with E-state index in [4.69, 9.17) is 4.52 Å². The zero-order valence-electron chi connectivity index (χ0n) is 14.0. The van der Waals surface area contributed by atoms with Crippen LogP contribution in [0.15, 0.2) is 51.9 Å². The number of nitrogens with one attached hydrogen (secondary N) is 1. The standard InChI is InChI=1S/C18H17FN2O3S/c1-11-7-8-14(18-12(2)20-24-13(18)3)9-17(11)25(22,23)21-16-6-4-5-15(19)10-16/h4-10,21H,1-3H3. The topological polar surface area (TPSA) is 72.2 Å². The van der Waals surface area contributed by atoms with Crippen LogP contribution in [0.4, 0.5) is 10.1 Å². The van der Waals surface area contributed by atoms with Crippen molar-refractivity contribution >= 4 is 15.7 Å². The van der Waals surface area contributed by atoms with Crippen LogP contribution in [0.3, 0.4) is 0 Å². The Morgan fingerprint density at radius 2 is 1.84 bits per heavy atom. The van der Waals surface area contributed by atoms with E-state index in [0.29, 0.717) is 22.6 Å². The van der Waals surface area contributed by atoms with Crippen molar-refractivity contribution < 1.29 is 17.3 Å². The molecular weight excluding hydrogens is 343 g/mol. The van der Waals surface area contributed by atoms with Gasteiger partial charge in [0.15, 0.2) is 0 Å². The summed E-state index contributed by atoms with van der Waals surface area (Å²) in [7, 11) is -3.87. The fourth-order valence-corrected chi connectivity index (χ4v) is 4.02. The normalized spacial score (nSPS) is 11.5. The van der Waals surface area contributed by atoms with Crippen molar-refractivity contribution in [1.29, 1.82) is 0 Å². The van der Waals surface area contributed by atoms with E-state index < -0.39 is 15.8 Å². The number of anilines is 1. The molecule has 0 bridgehead atoms. The fourth-order valence-electron chi connectivity index (χ4n) is 2.70. The van der Waals surface area contributed by atoms with Gasteiger partial charge in [0, 0.05) is 5.56 Å². The Morgan fingerprint density at radius 1 is 1.08 bits per heavy atom. The summed E-state index contributed by atoms with van der Waals surface area (Å²) in [6, 6.07) is 10.4. The molecule has 3 rings (SSSR count). The summed E-state index contributed by atoms with van der Waals surface area (Å²) in [6.45, 7) is 5.27. The third kappa shape index (κ3) is 3.41. The number of aromatic nitrogens is 1. The molecule has 1 heterocycles. The number of hydrogen-bond donors (Lipinski definition) is 1. The number of hydrogen-bond acceptors (Lipinski definition) is 4. The van der Waals surface area contributed by atoms with Gasteiger partial charge in [0.25, 0.3) is 10.0 Å². The summed E-state index contributed by atoms with van der Waals surface area (Å²) < 4.78 is 46.4. The summed E-state index contributed by atoms with van der Waals surface area (Å²) in [6.07, 6.45) is 0. The molecule has 0 spiro atoms. The Morgan fingerprint density at radius 3 is 2.48 bits per heavy atom. The van der Waals surface area contributed by atoms with Gasteiger partial charge in [0.1, 0.15) is 11.6 Å². The first kappa shape index (κ1) is 17.2. The summed E-state index contributed by atoms with van der Waals surface area (Å²) >= 11 is 0. The van der Waals surface area contributed by atoms with Crippen molar-refractivity contribution in [3.8, 4) is 11.1 Å². The van der Waals surface area contributed by atoms with Gasteiger partial charge in [-0.2, -0.15) is 0 Å². The monoisotopic (exact) mass is 360 g/mol. The van der Waals surface area contributed by atoms with Gasteiger partial charge >= 0.3 is 0 Å². The molecule has 1 N–H and O–H groups in total. The molecule has 0 fully saturated rings. The largest absolute Gasteiger partial charge is 0.361 e. The summed E-state index contributed by atoms with van der Waals surface area (Å²) in [5.41, 5.74) is 2.90. The Kier molecular flexibility index (Phi) is 4.34. The molecule has 3 aromatic rings. The van der Waals surface area contributed by atoms with Crippen molar-refractivity contribution in [2.24, 2.45) is 0 Å². The molecule has 0 aliphatic rings. The highest BCUT2D eigenvalue weighted by molar-refractivity contribution is 7.92. The highest BCUT2D eigenvalue weighted by Gasteiger charge is 2.20. The summed E-state index contributed by atoms with van der Waals surface area (Å²) in [5.74, 6) is 0.101. The molecule has 2 aromatic carbocycles. The van der Waals surface area contributed by atoms with E-state index in [1.807, 2.05) is 6.07 Å². The molecule has 7 heteroatoms. The van der Waals surface area contributed by atoms with Crippen LogP contribution >= 0.6 is 0 Å². The molecule has 0 saturated heterocycles. The van der Waals surface area contributed by atoms with Crippen LogP contribution < -0.4 is 4.72 Å². The Hall–Kier alpha value is -2.67. The molecule has 0 saturated carbocycles. The molecule has 1 aromatic heterocycles. The van der Waals surface area contributed by atoms with Gasteiger partial charge in [0.05, 0.1) is 16.3 Å². The lowest BCUT2D eigenvalue weighted by Crippen LogP contribution is -2.14. The lowest BCUT2D eigenvalue weighted by Gasteiger charge is -2.12. The molecule has 0 unspecified atom stereocenters. The van der Waals surface area contributed by atoms with Crippen LogP contribution in [0, 0.1) is 26.6 Å². The minimum atomic E-state index is -3.87. The van der Waals surface area contributed by atoms with Crippen LogP contribution in [0.2, 0.25) is 0 Å². The van der Waals surface area contributed by atoms with Crippen molar-refractivity contribution in [3.63, 3.8) is 0 Å². The van der Waals surface area contributed by atoms with E-state index in [1.165, 1.54) is 18.2 Å². The number of rotatable bonds is 4. The molecular formula is C18H17FN2O3S. The molecule has 25 heavy (non-hydrogen) atoms. The molecule has 0 aliphatic carbocycles. The fraction of sp³-hybridized carbons (Fsp3) is 0.167. The number of benzene rings is 2. The van der Waals surface area contributed by atoms with Gasteiger partial charge in [-0.25, -0.2) is 12.8 Å². The zero-order valence-corrected chi connectivity index (χ0v) is 14.8. The van der Waals surface area contributed by atoms with Crippen LogP contribution in [0.5, 0.6) is 0 Å². The van der Waals surface area contributed by atoms with Gasteiger partial charge < -0.3 is 4.52 Å². The second-order valence-electron chi connectivity index (χ2n) is 5.80. The van der Waals surface area contributed by atoms with Crippen molar-refractivity contribution in [1.82, 2.24) is 5.16 Å². The molecule has 0 atom stereocenters. The van der Waals surface area contributed by atoms with Gasteiger partial charge in [-0.15, -0.1) is 0 Å². The summed E-state index contributed by atoms with van der Waals surface area (Å²) in [5, 5.41) is 3.90. The maximum atomic E-state index is 13.3. The average Bonchev–Trinajstić information content (AvgIpc) is 2.86. The number of aryl methyl sites for hydroxylation is 3. The predicted molar refractivity (Wildman–Crippen MR) is 93.4 cm³/mol. The van der Waals surface area contributed by atoms with Crippen LogP contribution in [-0.2, 0) is 10.0 Å². The van der Waals surface area contributed by atoms with Gasteiger partial charge in [0.2, 0.25) is 0 Å². The van der Waals surface area contributed by atoms with Crippen molar-refractivity contribution in [3.05, 3.63) is 65.3 Å². The Bertz CT molecular complexity index is 1020. The quantitative estimate of drug-likeness (QED) is 0.757. The second kappa shape index (κ2) is 6.33. The smallest absolute Gasteiger partial charge is 0.262 e. The SMILES string of the molecule is Cc1ccc(-c2c(C)noc2C)cc1S(=O)(=O)Nc1cccc(F)c1. The third-order valence-electron chi connectivity index (χ3n) is 3.88. The maximum absolute atomic E-state index is 13.3. The van der Waals surface area contributed by atoms with E-state index in [9.17, 15) is 12.8 Å². The zero-order chi connectivity index (χ0) is 18.2. The Balaban J connectivity index is 2.06. The Labute approximate surface area is 145 Å². The maximum Gasteiger partial charge on any atom is 0.262 e. The van der Waals surface area contributed by atoms with Gasteiger partial charge in [-0.05, 0) is 56.2 Å². The molecule has 0 amide bonds. The lowest BCUT2D eigenvalue weighted by atomic mass is 10.0. The third-order valence-corrected chi connectivity index (χ3v) is 5.40. The first-order valence-corrected chi connectivity index (χ1v) is 9.08. The molecule has 0 aliphatic heterocycles. The van der Waals surface area contributed by atoms with E-state index in [2.05, 4.69) is 9.88 Å².